The van der Waals surface area contributed by atoms with Gasteiger partial charge in [0, 0.05) is 29.5 Å². The van der Waals surface area contributed by atoms with Crippen LogP contribution < -0.4 is 9.47 Å². The molecule has 0 saturated carbocycles. The topological polar surface area (TPSA) is 42.2 Å². The molecule has 18 heavy (non-hydrogen) atoms. The van der Waals surface area contributed by atoms with E-state index in [0.29, 0.717) is 0 Å². The van der Waals surface area contributed by atoms with Gasteiger partial charge in [-0.3, -0.25) is 0 Å². The molecule has 2 aliphatic rings. The summed E-state index contributed by atoms with van der Waals surface area (Å²) in [6.07, 6.45) is 1.82. The summed E-state index contributed by atoms with van der Waals surface area (Å²) in [5.41, 5.74) is 3.48. The average Bonchev–Trinajstić information content (AvgIpc) is 2.95. The van der Waals surface area contributed by atoms with Crippen molar-refractivity contribution in [3.63, 3.8) is 0 Å². The van der Waals surface area contributed by atoms with Crippen LogP contribution in [0, 0.1) is 17.2 Å². The van der Waals surface area contributed by atoms with Gasteiger partial charge in [0.15, 0.2) is 0 Å². The van der Waals surface area contributed by atoms with Gasteiger partial charge < -0.3 is 9.47 Å². The van der Waals surface area contributed by atoms with Crippen molar-refractivity contribution >= 4 is 0 Å². The Balaban J connectivity index is 2.21. The minimum atomic E-state index is -0.103. The molecule has 0 fully saturated rings. The first-order chi connectivity index (χ1) is 8.72. The third kappa shape index (κ3) is 1.56. The molecule has 3 heteroatoms. The van der Waals surface area contributed by atoms with Crippen LogP contribution in [0.2, 0.25) is 0 Å². The van der Waals surface area contributed by atoms with E-state index in [2.05, 4.69) is 26.0 Å². The smallest absolute Gasteiger partial charge is 0.127 e. The third-order valence-electron chi connectivity index (χ3n) is 3.81. The van der Waals surface area contributed by atoms with Gasteiger partial charge in [0.05, 0.1) is 25.2 Å². The molecule has 0 bridgehead atoms. The number of fused-ring (bicyclic) bond motifs is 2. The summed E-state index contributed by atoms with van der Waals surface area (Å²) >= 11 is 0. The van der Waals surface area contributed by atoms with Crippen molar-refractivity contribution in [1.82, 2.24) is 0 Å². The molecule has 1 aromatic rings. The lowest BCUT2D eigenvalue weighted by Gasteiger charge is -2.19. The molecular weight excluding hydrogens is 226 g/mol. The van der Waals surface area contributed by atoms with Gasteiger partial charge in [-0.1, -0.05) is 13.8 Å². The van der Waals surface area contributed by atoms with E-state index in [9.17, 15) is 5.26 Å². The number of nitriles is 1. The highest BCUT2D eigenvalue weighted by Crippen LogP contribution is 2.45. The summed E-state index contributed by atoms with van der Waals surface area (Å²) in [6.45, 7) is 5.62. The first-order valence-corrected chi connectivity index (χ1v) is 6.56. The fourth-order valence-corrected chi connectivity index (χ4v) is 2.90. The van der Waals surface area contributed by atoms with E-state index >= 15 is 0 Å². The lowest BCUT2D eigenvalue weighted by atomic mass is 9.84. The summed E-state index contributed by atoms with van der Waals surface area (Å²) in [4.78, 5) is 0. The van der Waals surface area contributed by atoms with Crippen molar-refractivity contribution in [2.24, 2.45) is 5.92 Å². The van der Waals surface area contributed by atoms with Crippen molar-refractivity contribution in [2.75, 3.05) is 13.2 Å². The molecule has 3 nitrogen and oxygen atoms in total. The molecule has 0 aromatic heterocycles. The van der Waals surface area contributed by atoms with Crippen molar-refractivity contribution in [2.45, 2.75) is 32.6 Å². The molecule has 94 valence electrons. The first-order valence-electron chi connectivity index (χ1n) is 6.56. The molecule has 2 aliphatic heterocycles. The van der Waals surface area contributed by atoms with Gasteiger partial charge in [0.1, 0.15) is 11.5 Å². The van der Waals surface area contributed by atoms with Crippen LogP contribution in [0.4, 0.5) is 0 Å². The van der Waals surface area contributed by atoms with E-state index in [1.807, 2.05) is 0 Å². The predicted molar refractivity (Wildman–Crippen MR) is 68.0 cm³/mol. The molecule has 0 radical (unpaired) electrons. The molecule has 0 aliphatic carbocycles. The van der Waals surface area contributed by atoms with E-state index in [1.165, 1.54) is 11.1 Å². The molecular formula is C15H17NO2. The zero-order valence-electron chi connectivity index (χ0n) is 10.8. The highest BCUT2D eigenvalue weighted by Gasteiger charge is 2.31. The molecule has 1 unspecified atom stereocenters. The maximum atomic E-state index is 9.47. The minimum Gasteiger partial charge on any atom is -0.493 e. The number of benzene rings is 1. The number of hydrogen-bond donors (Lipinski definition) is 0. The maximum Gasteiger partial charge on any atom is 0.127 e. The van der Waals surface area contributed by atoms with Crippen molar-refractivity contribution in [3.05, 3.63) is 22.8 Å². The van der Waals surface area contributed by atoms with Crippen LogP contribution in [0.5, 0.6) is 11.5 Å². The Hall–Kier alpha value is -1.69. The fourth-order valence-electron chi connectivity index (χ4n) is 2.90. The van der Waals surface area contributed by atoms with E-state index in [0.717, 1.165) is 43.1 Å². The fraction of sp³-hybridized carbons (Fsp3) is 0.533. The lowest BCUT2D eigenvalue weighted by molar-refractivity contribution is 0.349. The Bertz CT molecular complexity index is 496. The SMILES string of the molecule is CC(C)C(C#N)c1c2c(cc3c1OCC3)OCC2. The first kappa shape index (κ1) is 11.4. The van der Waals surface area contributed by atoms with E-state index < -0.39 is 0 Å². The van der Waals surface area contributed by atoms with Crippen LogP contribution in [0.1, 0.15) is 36.5 Å². The second kappa shape index (κ2) is 4.20. The Morgan fingerprint density at radius 2 is 2.00 bits per heavy atom. The molecule has 1 atom stereocenters. The third-order valence-corrected chi connectivity index (χ3v) is 3.81. The number of hydrogen-bond acceptors (Lipinski definition) is 3. The van der Waals surface area contributed by atoms with Crippen molar-refractivity contribution < 1.29 is 9.47 Å². The molecule has 0 N–H and O–H groups in total. The summed E-state index contributed by atoms with van der Waals surface area (Å²) in [7, 11) is 0. The van der Waals surface area contributed by atoms with E-state index in [1.54, 1.807) is 0 Å². The van der Waals surface area contributed by atoms with Crippen LogP contribution in [0.25, 0.3) is 0 Å². The summed E-state index contributed by atoms with van der Waals surface area (Å²) < 4.78 is 11.5. The lowest BCUT2D eigenvalue weighted by Crippen LogP contribution is -2.09. The van der Waals surface area contributed by atoms with Gasteiger partial charge in [-0.05, 0) is 12.0 Å². The quantitative estimate of drug-likeness (QED) is 0.802. The Kier molecular flexibility index (Phi) is 2.66. The molecule has 2 heterocycles. The summed E-state index contributed by atoms with van der Waals surface area (Å²) in [5, 5.41) is 9.47. The highest BCUT2D eigenvalue weighted by molar-refractivity contribution is 5.59. The number of ether oxygens (including phenoxy) is 2. The molecule has 0 amide bonds. The van der Waals surface area contributed by atoms with Gasteiger partial charge >= 0.3 is 0 Å². The van der Waals surface area contributed by atoms with Crippen LogP contribution >= 0.6 is 0 Å². The van der Waals surface area contributed by atoms with Crippen LogP contribution in [-0.4, -0.2) is 13.2 Å². The van der Waals surface area contributed by atoms with Gasteiger partial charge in [0.2, 0.25) is 0 Å². The molecule has 1 aromatic carbocycles. The van der Waals surface area contributed by atoms with Gasteiger partial charge in [0.25, 0.3) is 0 Å². The zero-order chi connectivity index (χ0) is 12.7. The predicted octanol–water partition coefficient (Wildman–Crippen LogP) is 2.82. The van der Waals surface area contributed by atoms with Crippen LogP contribution in [0.3, 0.4) is 0 Å². The largest absolute Gasteiger partial charge is 0.493 e. The van der Waals surface area contributed by atoms with E-state index in [4.69, 9.17) is 9.47 Å². The standard InChI is InChI=1S/C15H17NO2/c1-9(2)12(8-16)14-11-4-6-17-13(11)7-10-3-5-18-15(10)14/h7,9,12H,3-6H2,1-2H3. The highest BCUT2D eigenvalue weighted by atomic mass is 16.5. The Morgan fingerprint density at radius 3 is 2.72 bits per heavy atom. The van der Waals surface area contributed by atoms with Crippen molar-refractivity contribution in [3.8, 4) is 17.6 Å². The second-order valence-corrected chi connectivity index (χ2v) is 5.30. The Labute approximate surface area is 107 Å². The molecule has 0 spiro atoms. The zero-order valence-corrected chi connectivity index (χ0v) is 10.8. The van der Waals surface area contributed by atoms with Gasteiger partial charge in [-0.2, -0.15) is 5.26 Å². The molecule has 3 rings (SSSR count). The van der Waals surface area contributed by atoms with Crippen LogP contribution in [0.15, 0.2) is 6.07 Å². The van der Waals surface area contributed by atoms with Crippen molar-refractivity contribution in [1.29, 1.82) is 5.26 Å². The maximum absolute atomic E-state index is 9.47. The van der Waals surface area contributed by atoms with Gasteiger partial charge in [-0.15, -0.1) is 0 Å². The number of nitrogens with zero attached hydrogens (tertiary/aromatic N) is 1. The monoisotopic (exact) mass is 243 g/mol. The second-order valence-electron chi connectivity index (χ2n) is 5.30. The van der Waals surface area contributed by atoms with E-state index in [-0.39, 0.29) is 11.8 Å². The van der Waals surface area contributed by atoms with Gasteiger partial charge in [-0.25, -0.2) is 0 Å². The summed E-state index contributed by atoms with van der Waals surface area (Å²) in [6, 6.07) is 4.54. The normalized spacial score (nSPS) is 17.7. The van der Waals surface area contributed by atoms with Crippen LogP contribution in [-0.2, 0) is 12.8 Å². The molecule has 0 saturated heterocycles. The number of rotatable bonds is 2. The minimum absolute atomic E-state index is 0.103. The Morgan fingerprint density at radius 1 is 1.22 bits per heavy atom. The average molecular weight is 243 g/mol. The summed E-state index contributed by atoms with van der Waals surface area (Å²) in [5.74, 6) is 2.11.